The molecule has 6 heteroatoms. The van der Waals surface area contributed by atoms with E-state index in [4.69, 9.17) is 0 Å². The summed E-state index contributed by atoms with van der Waals surface area (Å²) in [4.78, 5) is 20.1. The van der Waals surface area contributed by atoms with E-state index in [1.165, 1.54) is 0 Å². The molecule has 0 aliphatic carbocycles. The van der Waals surface area contributed by atoms with Crippen molar-refractivity contribution in [1.82, 2.24) is 20.6 Å². The van der Waals surface area contributed by atoms with Crippen LogP contribution in [0.15, 0.2) is 29.2 Å². The highest BCUT2D eigenvalue weighted by Gasteiger charge is 2.09. The number of amides is 2. The summed E-state index contributed by atoms with van der Waals surface area (Å²) in [6.45, 7) is 3.05. The second-order valence-electron chi connectivity index (χ2n) is 3.97. The van der Waals surface area contributed by atoms with Crippen LogP contribution in [0, 0.1) is 0 Å². The average molecular weight is 276 g/mol. The second-order valence-corrected chi connectivity index (χ2v) is 4.75. The summed E-state index contributed by atoms with van der Waals surface area (Å²) in [5, 5.41) is 9.56. The number of aromatic nitrogens is 2. The van der Waals surface area contributed by atoms with E-state index in [0.717, 1.165) is 23.4 Å². The molecule has 0 atom stereocenters. The Morgan fingerprint density at radius 1 is 1.32 bits per heavy atom. The number of carbonyl (C=O) groups is 1. The van der Waals surface area contributed by atoms with E-state index in [0.29, 0.717) is 13.1 Å². The van der Waals surface area contributed by atoms with Crippen molar-refractivity contribution in [3.8, 4) is 11.3 Å². The quantitative estimate of drug-likeness (QED) is 0.881. The number of carbonyl (C=O) groups excluding carboxylic acids is 1. The van der Waals surface area contributed by atoms with E-state index in [2.05, 4.69) is 20.6 Å². The maximum absolute atomic E-state index is 11.5. The molecule has 2 heterocycles. The third kappa shape index (κ3) is 3.75. The lowest BCUT2D eigenvalue weighted by molar-refractivity contribution is 0.240. The van der Waals surface area contributed by atoms with Gasteiger partial charge in [-0.3, -0.25) is 9.97 Å². The lowest BCUT2D eigenvalue weighted by Crippen LogP contribution is -2.35. The Labute approximate surface area is 116 Å². The topological polar surface area (TPSA) is 66.9 Å². The normalized spacial score (nSPS) is 10.2. The van der Waals surface area contributed by atoms with Crippen molar-refractivity contribution >= 4 is 17.4 Å². The lowest BCUT2D eigenvalue weighted by Gasteiger charge is -2.08. The monoisotopic (exact) mass is 276 g/mol. The molecular formula is C13H16N4OS. The van der Waals surface area contributed by atoms with E-state index >= 15 is 0 Å². The van der Waals surface area contributed by atoms with Gasteiger partial charge in [-0.25, -0.2) is 4.79 Å². The third-order valence-electron chi connectivity index (χ3n) is 2.52. The molecule has 0 saturated heterocycles. The standard InChI is InChI=1S/C13H16N4OS/c1-2-4-16-13(18)17-8-11-12(15-6-5-14-11)10-3-7-19-9-10/h3,5-7,9H,2,4,8H2,1H3,(H2,16,17,18). The molecule has 0 saturated carbocycles. The molecule has 2 rings (SSSR count). The Balaban J connectivity index is 2.03. The fourth-order valence-electron chi connectivity index (χ4n) is 1.60. The van der Waals surface area contributed by atoms with Crippen molar-refractivity contribution in [3.05, 3.63) is 34.9 Å². The van der Waals surface area contributed by atoms with Crippen LogP contribution >= 0.6 is 11.3 Å². The van der Waals surface area contributed by atoms with Gasteiger partial charge in [0.2, 0.25) is 0 Å². The highest BCUT2D eigenvalue weighted by molar-refractivity contribution is 7.08. The summed E-state index contributed by atoms with van der Waals surface area (Å²) in [6.07, 6.45) is 4.21. The number of rotatable bonds is 5. The minimum absolute atomic E-state index is 0.177. The van der Waals surface area contributed by atoms with Gasteiger partial charge in [-0.2, -0.15) is 11.3 Å². The summed E-state index contributed by atoms with van der Waals surface area (Å²) in [5.41, 5.74) is 2.62. The van der Waals surface area contributed by atoms with Crippen LogP contribution in [0.25, 0.3) is 11.3 Å². The molecule has 0 spiro atoms. The molecule has 5 nitrogen and oxygen atoms in total. The Morgan fingerprint density at radius 3 is 2.89 bits per heavy atom. The Hall–Kier alpha value is -1.95. The van der Waals surface area contributed by atoms with Gasteiger partial charge in [-0.1, -0.05) is 6.92 Å². The molecule has 0 aliphatic rings. The van der Waals surface area contributed by atoms with Gasteiger partial charge in [-0.05, 0) is 17.9 Å². The lowest BCUT2D eigenvalue weighted by atomic mass is 10.2. The van der Waals surface area contributed by atoms with Crippen molar-refractivity contribution in [2.24, 2.45) is 0 Å². The summed E-state index contributed by atoms with van der Waals surface area (Å²) >= 11 is 1.61. The smallest absolute Gasteiger partial charge is 0.315 e. The van der Waals surface area contributed by atoms with Crippen molar-refractivity contribution in [1.29, 1.82) is 0 Å². The molecule has 0 radical (unpaired) electrons. The van der Waals surface area contributed by atoms with Crippen LogP contribution in [-0.4, -0.2) is 22.5 Å². The van der Waals surface area contributed by atoms with E-state index < -0.39 is 0 Å². The Kier molecular flexibility index (Phi) is 4.85. The molecule has 0 bridgehead atoms. The van der Waals surface area contributed by atoms with Crippen molar-refractivity contribution in [2.45, 2.75) is 19.9 Å². The number of hydrogen-bond donors (Lipinski definition) is 2. The first-order valence-electron chi connectivity index (χ1n) is 6.15. The van der Waals surface area contributed by atoms with Gasteiger partial charge in [0.1, 0.15) is 0 Å². The molecule has 0 aromatic carbocycles. The minimum atomic E-state index is -0.177. The first kappa shape index (κ1) is 13.5. The van der Waals surface area contributed by atoms with Crippen LogP contribution in [0.2, 0.25) is 0 Å². The third-order valence-corrected chi connectivity index (χ3v) is 3.20. The highest BCUT2D eigenvalue weighted by Crippen LogP contribution is 2.21. The van der Waals surface area contributed by atoms with Gasteiger partial charge >= 0.3 is 6.03 Å². The second kappa shape index (κ2) is 6.84. The molecule has 2 aromatic heterocycles. The SMILES string of the molecule is CCCNC(=O)NCc1nccnc1-c1ccsc1. The van der Waals surface area contributed by atoms with Crippen molar-refractivity contribution < 1.29 is 4.79 Å². The molecule has 0 aliphatic heterocycles. The average Bonchev–Trinajstić information content (AvgIpc) is 2.97. The summed E-state index contributed by atoms with van der Waals surface area (Å²) < 4.78 is 0. The molecule has 2 amide bonds. The zero-order valence-electron chi connectivity index (χ0n) is 10.7. The van der Waals surface area contributed by atoms with E-state index in [1.807, 2.05) is 23.8 Å². The molecule has 19 heavy (non-hydrogen) atoms. The molecule has 2 N–H and O–H groups in total. The maximum Gasteiger partial charge on any atom is 0.315 e. The highest BCUT2D eigenvalue weighted by atomic mass is 32.1. The Bertz CT molecular complexity index is 527. The van der Waals surface area contributed by atoms with E-state index in [-0.39, 0.29) is 6.03 Å². The number of thiophene rings is 1. The van der Waals surface area contributed by atoms with E-state index in [1.54, 1.807) is 23.7 Å². The zero-order chi connectivity index (χ0) is 13.5. The van der Waals surface area contributed by atoms with Crippen LogP contribution in [0.3, 0.4) is 0 Å². The van der Waals surface area contributed by atoms with Gasteiger partial charge in [0.15, 0.2) is 0 Å². The number of urea groups is 1. The summed E-state index contributed by atoms with van der Waals surface area (Å²) in [6, 6.07) is 1.82. The number of nitrogens with zero attached hydrogens (tertiary/aromatic N) is 2. The first-order valence-corrected chi connectivity index (χ1v) is 7.09. The Morgan fingerprint density at radius 2 is 2.16 bits per heavy atom. The number of hydrogen-bond acceptors (Lipinski definition) is 4. The molecule has 2 aromatic rings. The predicted molar refractivity (Wildman–Crippen MR) is 75.9 cm³/mol. The van der Waals surface area contributed by atoms with Crippen molar-refractivity contribution in [2.75, 3.05) is 6.54 Å². The molecule has 0 fully saturated rings. The van der Waals surface area contributed by atoms with Crippen LogP contribution in [0.5, 0.6) is 0 Å². The minimum Gasteiger partial charge on any atom is -0.338 e. The van der Waals surface area contributed by atoms with Gasteiger partial charge < -0.3 is 10.6 Å². The predicted octanol–water partition coefficient (Wildman–Crippen LogP) is 2.41. The largest absolute Gasteiger partial charge is 0.338 e. The van der Waals surface area contributed by atoms with Gasteiger partial charge in [0.25, 0.3) is 0 Å². The van der Waals surface area contributed by atoms with Crippen LogP contribution < -0.4 is 10.6 Å². The molecule has 0 unspecified atom stereocenters. The van der Waals surface area contributed by atoms with Gasteiger partial charge in [0, 0.05) is 29.9 Å². The van der Waals surface area contributed by atoms with Gasteiger partial charge in [0.05, 0.1) is 17.9 Å². The maximum atomic E-state index is 11.5. The summed E-state index contributed by atoms with van der Waals surface area (Å²) in [5.74, 6) is 0. The summed E-state index contributed by atoms with van der Waals surface area (Å²) in [7, 11) is 0. The van der Waals surface area contributed by atoms with Crippen molar-refractivity contribution in [3.63, 3.8) is 0 Å². The first-order chi connectivity index (χ1) is 9.31. The molecule has 100 valence electrons. The molecular weight excluding hydrogens is 260 g/mol. The van der Waals surface area contributed by atoms with E-state index in [9.17, 15) is 4.79 Å². The van der Waals surface area contributed by atoms with Crippen LogP contribution in [0.4, 0.5) is 4.79 Å². The van der Waals surface area contributed by atoms with Crippen LogP contribution in [0.1, 0.15) is 19.0 Å². The fourth-order valence-corrected chi connectivity index (χ4v) is 2.24. The zero-order valence-corrected chi connectivity index (χ0v) is 11.5. The van der Waals surface area contributed by atoms with Crippen LogP contribution in [-0.2, 0) is 6.54 Å². The number of nitrogens with one attached hydrogen (secondary N) is 2. The fraction of sp³-hybridized carbons (Fsp3) is 0.308. The van der Waals surface area contributed by atoms with Gasteiger partial charge in [-0.15, -0.1) is 0 Å².